The number of rotatable bonds is 6. The summed E-state index contributed by atoms with van der Waals surface area (Å²) in [6.45, 7) is 8.09. The van der Waals surface area contributed by atoms with Crippen LogP contribution in [0.5, 0.6) is 0 Å². The molecule has 0 spiro atoms. The first kappa shape index (κ1) is 13.2. The monoisotopic (exact) mass is 243 g/mol. The second-order valence-corrected chi connectivity index (χ2v) is 3.87. The second-order valence-electron chi connectivity index (χ2n) is 3.51. The van der Waals surface area contributed by atoms with Crippen LogP contribution in [0.4, 0.5) is 5.82 Å². The smallest absolute Gasteiger partial charge is 0.171 e. The van der Waals surface area contributed by atoms with Gasteiger partial charge in [-0.3, -0.25) is 0 Å². The van der Waals surface area contributed by atoms with Crippen LogP contribution < -0.4 is 5.32 Å². The molecule has 4 nitrogen and oxygen atoms in total. The van der Waals surface area contributed by atoms with Crippen molar-refractivity contribution in [3.63, 3.8) is 0 Å². The average Bonchev–Trinajstić information content (AvgIpc) is 2.25. The molecule has 1 aromatic heterocycles. The van der Waals surface area contributed by atoms with E-state index in [1.54, 1.807) is 0 Å². The molecule has 1 heterocycles. The van der Waals surface area contributed by atoms with E-state index >= 15 is 0 Å². The molecule has 1 aromatic rings. The summed E-state index contributed by atoms with van der Waals surface area (Å²) in [5.41, 5.74) is 1.77. The molecule has 90 valence electrons. The Morgan fingerprint density at radius 3 is 2.62 bits per heavy atom. The maximum atomic E-state index is 5.97. The van der Waals surface area contributed by atoms with Crippen molar-refractivity contribution in [1.82, 2.24) is 9.97 Å². The summed E-state index contributed by atoms with van der Waals surface area (Å²) in [4.78, 5) is 8.54. The van der Waals surface area contributed by atoms with E-state index < -0.39 is 0 Å². The molecule has 0 aliphatic carbocycles. The first-order chi connectivity index (χ1) is 7.65. The summed E-state index contributed by atoms with van der Waals surface area (Å²) in [7, 11) is 0. The zero-order chi connectivity index (χ0) is 12.0. The number of hydrogen-bond donors (Lipinski definition) is 1. The summed E-state index contributed by atoms with van der Waals surface area (Å²) in [6, 6.07) is 0. The van der Waals surface area contributed by atoms with E-state index in [0.717, 1.165) is 37.6 Å². The lowest BCUT2D eigenvalue weighted by Crippen LogP contribution is -2.09. The maximum Gasteiger partial charge on any atom is 0.171 e. The average molecular weight is 244 g/mol. The van der Waals surface area contributed by atoms with Gasteiger partial charge < -0.3 is 10.1 Å². The Kier molecular flexibility index (Phi) is 5.49. The van der Waals surface area contributed by atoms with Gasteiger partial charge >= 0.3 is 0 Å². The minimum atomic E-state index is 0.430. The molecule has 0 radical (unpaired) electrons. The van der Waals surface area contributed by atoms with Gasteiger partial charge in [-0.25, -0.2) is 9.97 Å². The van der Waals surface area contributed by atoms with E-state index in [9.17, 15) is 0 Å². The third kappa shape index (κ3) is 3.94. The van der Waals surface area contributed by atoms with Gasteiger partial charge in [0.15, 0.2) is 11.0 Å². The van der Waals surface area contributed by atoms with Gasteiger partial charge in [0.05, 0.1) is 11.4 Å². The van der Waals surface area contributed by atoms with Gasteiger partial charge in [-0.1, -0.05) is 11.6 Å². The number of hydrogen-bond acceptors (Lipinski definition) is 4. The number of aryl methyl sites for hydroxylation is 2. The number of nitrogens with one attached hydrogen (secondary N) is 1. The highest BCUT2D eigenvalue weighted by atomic mass is 35.5. The number of halogens is 1. The molecule has 0 atom stereocenters. The fraction of sp³-hybridized carbons (Fsp3) is 0.636. The van der Waals surface area contributed by atoms with Gasteiger partial charge in [0.2, 0.25) is 0 Å². The van der Waals surface area contributed by atoms with Crippen molar-refractivity contribution in [3.8, 4) is 0 Å². The lowest BCUT2D eigenvalue weighted by atomic mass is 10.3. The lowest BCUT2D eigenvalue weighted by Gasteiger charge is -2.09. The van der Waals surface area contributed by atoms with Gasteiger partial charge in [-0.15, -0.1) is 0 Å². The quantitative estimate of drug-likeness (QED) is 0.781. The van der Waals surface area contributed by atoms with Crippen molar-refractivity contribution in [2.45, 2.75) is 27.2 Å². The second kappa shape index (κ2) is 6.66. The van der Waals surface area contributed by atoms with Crippen LogP contribution in [0.25, 0.3) is 0 Å². The molecule has 0 amide bonds. The summed E-state index contributed by atoms with van der Waals surface area (Å²) in [5, 5.41) is 3.58. The topological polar surface area (TPSA) is 47.0 Å². The molecule has 1 rings (SSSR count). The van der Waals surface area contributed by atoms with Crippen LogP contribution in [0.1, 0.15) is 24.7 Å². The van der Waals surface area contributed by atoms with Gasteiger partial charge in [0.1, 0.15) is 0 Å². The molecule has 0 saturated carbocycles. The molecule has 0 fully saturated rings. The van der Waals surface area contributed by atoms with Crippen LogP contribution in [-0.4, -0.2) is 29.7 Å². The molecular weight excluding hydrogens is 226 g/mol. The van der Waals surface area contributed by atoms with Crippen LogP contribution in [0.3, 0.4) is 0 Å². The summed E-state index contributed by atoms with van der Waals surface area (Å²) < 4.78 is 5.24. The Labute approximate surface area is 101 Å². The van der Waals surface area contributed by atoms with Crippen LogP contribution in [-0.2, 0) is 4.74 Å². The molecule has 0 aromatic carbocycles. The van der Waals surface area contributed by atoms with Crippen molar-refractivity contribution < 1.29 is 4.74 Å². The Balaban J connectivity index is 2.45. The third-order valence-corrected chi connectivity index (χ3v) is 2.49. The van der Waals surface area contributed by atoms with Crippen molar-refractivity contribution in [1.29, 1.82) is 0 Å². The Hall–Kier alpha value is -0.870. The van der Waals surface area contributed by atoms with E-state index in [2.05, 4.69) is 15.3 Å². The zero-order valence-electron chi connectivity index (χ0n) is 10.0. The third-order valence-electron chi connectivity index (χ3n) is 2.23. The van der Waals surface area contributed by atoms with Gasteiger partial charge in [0.25, 0.3) is 0 Å². The Bertz CT molecular complexity index is 344. The van der Waals surface area contributed by atoms with Gasteiger partial charge in [0, 0.05) is 19.8 Å². The molecule has 0 unspecified atom stereocenters. The van der Waals surface area contributed by atoms with Crippen molar-refractivity contribution >= 4 is 17.4 Å². The highest BCUT2D eigenvalue weighted by molar-refractivity contribution is 6.31. The minimum Gasteiger partial charge on any atom is -0.382 e. The standard InChI is InChI=1S/C11H18ClN3O/c1-4-16-7-5-6-13-11-10(12)14-8(2)9(3)15-11/h4-7H2,1-3H3,(H,13,15). The molecule has 0 aliphatic heterocycles. The number of anilines is 1. The van der Waals surface area contributed by atoms with Crippen LogP contribution in [0, 0.1) is 13.8 Å². The summed E-state index contributed by atoms with van der Waals surface area (Å²) in [5.74, 6) is 0.654. The Morgan fingerprint density at radius 1 is 1.25 bits per heavy atom. The normalized spacial score (nSPS) is 10.5. The van der Waals surface area contributed by atoms with Crippen LogP contribution >= 0.6 is 11.6 Å². The minimum absolute atomic E-state index is 0.430. The first-order valence-corrected chi connectivity index (χ1v) is 5.85. The SMILES string of the molecule is CCOCCCNc1nc(C)c(C)nc1Cl. The maximum absolute atomic E-state index is 5.97. The van der Waals surface area contributed by atoms with Gasteiger partial charge in [-0.2, -0.15) is 0 Å². The van der Waals surface area contributed by atoms with E-state index in [0.29, 0.717) is 11.0 Å². The predicted octanol–water partition coefficient (Wildman–Crippen LogP) is 2.59. The highest BCUT2D eigenvalue weighted by Gasteiger charge is 2.05. The molecule has 5 heteroatoms. The highest BCUT2D eigenvalue weighted by Crippen LogP contribution is 2.17. The molecule has 0 aliphatic rings. The van der Waals surface area contributed by atoms with E-state index in [-0.39, 0.29) is 0 Å². The van der Waals surface area contributed by atoms with Crippen molar-refractivity contribution in [3.05, 3.63) is 16.5 Å². The fourth-order valence-corrected chi connectivity index (χ4v) is 1.45. The molecule has 16 heavy (non-hydrogen) atoms. The van der Waals surface area contributed by atoms with E-state index in [4.69, 9.17) is 16.3 Å². The Morgan fingerprint density at radius 2 is 1.94 bits per heavy atom. The van der Waals surface area contributed by atoms with Crippen molar-refractivity contribution in [2.24, 2.45) is 0 Å². The van der Waals surface area contributed by atoms with E-state index in [1.807, 2.05) is 20.8 Å². The molecule has 0 bridgehead atoms. The first-order valence-electron chi connectivity index (χ1n) is 5.47. The molecular formula is C11H18ClN3O. The predicted molar refractivity (Wildman–Crippen MR) is 66.1 cm³/mol. The zero-order valence-corrected chi connectivity index (χ0v) is 10.8. The fourth-order valence-electron chi connectivity index (χ4n) is 1.21. The molecule has 1 N–H and O–H groups in total. The van der Waals surface area contributed by atoms with E-state index in [1.165, 1.54) is 0 Å². The van der Waals surface area contributed by atoms with Crippen LogP contribution in [0.2, 0.25) is 5.15 Å². The number of nitrogens with zero attached hydrogens (tertiary/aromatic N) is 2. The van der Waals surface area contributed by atoms with Crippen molar-refractivity contribution in [2.75, 3.05) is 25.1 Å². The molecule has 0 saturated heterocycles. The lowest BCUT2D eigenvalue weighted by molar-refractivity contribution is 0.147. The van der Waals surface area contributed by atoms with Gasteiger partial charge in [-0.05, 0) is 27.2 Å². The number of ether oxygens (including phenoxy) is 1. The summed E-state index contributed by atoms with van der Waals surface area (Å²) in [6.07, 6.45) is 0.929. The summed E-state index contributed by atoms with van der Waals surface area (Å²) >= 11 is 5.97. The van der Waals surface area contributed by atoms with Crippen LogP contribution in [0.15, 0.2) is 0 Å². The number of aromatic nitrogens is 2. The largest absolute Gasteiger partial charge is 0.382 e.